The third-order valence-electron chi connectivity index (χ3n) is 3.24. The van der Waals surface area contributed by atoms with Crippen LogP contribution in [-0.2, 0) is 21.2 Å². The van der Waals surface area contributed by atoms with E-state index >= 15 is 0 Å². The second kappa shape index (κ2) is 8.70. The largest absolute Gasteiger partial charge is 0.300 e. The second-order valence-electron chi connectivity index (χ2n) is 5.64. The molecule has 0 aliphatic carbocycles. The number of carbonyl (C=O) groups excluding carboxylic acids is 1. The van der Waals surface area contributed by atoms with Crippen LogP contribution in [0.1, 0.15) is 25.8 Å². The van der Waals surface area contributed by atoms with E-state index in [1.807, 2.05) is 12.1 Å². The number of hydrogen-bond donors (Lipinski definition) is 2. The Kier molecular flexibility index (Phi) is 6.88. The normalized spacial score (nSPS) is 11.7. The first-order valence-electron chi connectivity index (χ1n) is 7.66. The Bertz CT molecular complexity index is 820. The molecule has 2 aromatic rings. The Balaban J connectivity index is 1.85. The molecule has 0 saturated heterocycles. The Labute approximate surface area is 155 Å². The molecule has 0 spiro atoms. The van der Waals surface area contributed by atoms with Gasteiger partial charge in [0, 0.05) is 17.5 Å². The molecule has 0 saturated carbocycles. The van der Waals surface area contributed by atoms with Crippen molar-refractivity contribution in [3.8, 4) is 0 Å². The van der Waals surface area contributed by atoms with Crippen molar-refractivity contribution in [2.45, 2.75) is 31.0 Å². The molecule has 1 aromatic heterocycles. The highest BCUT2D eigenvalue weighted by molar-refractivity contribution is 7.91. The van der Waals surface area contributed by atoms with Gasteiger partial charge in [0.25, 0.3) is 10.0 Å². The fourth-order valence-corrected chi connectivity index (χ4v) is 3.97. The summed E-state index contributed by atoms with van der Waals surface area (Å²) >= 11 is 6.64. The molecule has 0 atom stereocenters. The molecular formula is C15H19ClN4O3S2. The monoisotopic (exact) mass is 402 g/mol. The van der Waals surface area contributed by atoms with E-state index in [1.54, 1.807) is 26.0 Å². The van der Waals surface area contributed by atoms with Gasteiger partial charge in [0.15, 0.2) is 0 Å². The molecule has 10 heteroatoms. The number of rotatable bonds is 8. The first kappa shape index (κ1) is 19.8. The average Bonchev–Trinajstić information content (AvgIpc) is 3.02. The summed E-state index contributed by atoms with van der Waals surface area (Å²) in [6, 6.07) is 7.42. The standard InChI is InChI=1S/C15H19ClN4O3S2/c1-10(2)13(21)18-14-19-20-15(24-14)25(22,23)17-9-3-4-11-5-7-12(16)8-6-11/h5-8,10,17H,3-4,9H2,1-2H3,(H,18,19,21). The minimum Gasteiger partial charge on any atom is -0.300 e. The number of halogens is 1. The number of sulfonamides is 1. The van der Waals surface area contributed by atoms with Gasteiger partial charge >= 0.3 is 0 Å². The molecule has 25 heavy (non-hydrogen) atoms. The van der Waals surface area contributed by atoms with Gasteiger partial charge in [-0.15, -0.1) is 10.2 Å². The first-order chi connectivity index (χ1) is 11.8. The molecule has 7 nitrogen and oxygen atoms in total. The molecular weight excluding hydrogens is 384 g/mol. The van der Waals surface area contributed by atoms with Crippen molar-refractivity contribution in [1.82, 2.24) is 14.9 Å². The maximum atomic E-state index is 12.2. The Hall–Kier alpha value is -1.55. The number of benzene rings is 1. The van der Waals surface area contributed by atoms with E-state index in [-0.39, 0.29) is 27.8 Å². The van der Waals surface area contributed by atoms with Crippen LogP contribution in [-0.4, -0.2) is 31.1 Å². The summed E-state index contributed by atoms with van der Waals surface area (Å²) in [6.07, 6.45) is 1.36. The number of anilines is 1. The van der Waals surface area contributed by atoms with Gasteiger partial charge in [-0.1, -0.05) is 48.9 Å². The predicted molar refractivity (Wildman–Crippen MR) is 98.3 cm³/mol. The molecule has 2 rings (SSSR count). The van der Waals surface area contributed by atoms with Crippen molar-refractivity contribution < 1.29 is 13.2 Å². The summed E-state index contributed by atoms with van der Waals surface area (Å²) in [6.45, 7) is 3.74. The van der Waals surface area contributed by atoms with Gasteiger partial charge in [-0.3, -0.25) is 4.79 Å². The highest BCUT2D eigenvalue weighted by atomic mass is 35.5. The minimum atomic E-state index is -3.73. The van der Waals surface area contributed by atoms with Crippen LogP contribution in [0.3, 0.4) is 0 Å². The lowest BCUT2D eigenvalue weighted by molar-refractivity contribution is -0.118. The van der Waals surface area contributed by atoms with Crippen molar-refractivity contribution in [3.05, 3.63) is 34.9 Å². The number of carbonyl (C=O) groups is 1. The van der Waals surface area contributed by atoms with E-state index in [1.165, 1.54) is 0 Å². The average molecular weight is 403 g/mol. The van der Waals surface area contributed by atoms with Gasteiger partial charge in [-0.05, 0) is 30.5 Å². The third-order valence-corrected chi connectivity index (χ3v) is 6.16. The van der Waals surface area contributed by atoms with Crippen LogP contribution in [0.4, 0.5) is 5.13 Å². The van der Waals surface area contributed by atoms with Gasteiger partial charge in [0.1, 0.15) is 0 Å². The molecule has 2 N–H and O–H groups in total. The molecule has 136 valence electrons. The smallest absolute Gasteiger partial charge is 0.269 e. The van der Waals surface area contributed by atoms with Crippen LogP contribution in [0, 0.1) is 5.92 Å². The van der Waals surface area contributed by atoms with Crippen LogP contribution in [0.2, 0.25) is 5.02 Å². The molecule has 0 radical (unpaired) electrons. The fraction of sp³-hybridized carbons (Fsp3) is 0.400. The molecule has 1 amide bonds. The van der Waals surface area contributed by atoms with E-state index < -0.39 is 10.0 Å². The number of aromatic nitrogens is 2. The lowest BCUT2D eigenvalue weighted by Crippen LogP contribution is -2.25. The van der Waals surface area contributed by atoms with Gasteiger partial charge in [-0.2, -0.15) is 0 Å². The van der Waals surface area contributed by atoms with Crippen molar-refractivity contribution in [3.63, 3.8) is 0 Å². The lowest BCUT2D eigenvalue weighted by Gasteiger charge is -2.04. The molecule has 0 aliphatic rings. The van der Waals surface area contributed by atoms with Gasteiger partial charge in [0.2, 0.25) is 15.4 Å². The van der Waals surface area contributed by atoms with Crippen LogP contribution >= 0.6 is 22.9 Å². The topological polar surface area (TPSA) is 101 Å². The van der Waals surface area contributed by atoms with E-state index in [0.29, 0.717) is 11.4 Å². The third kappa shape index (κ3) is 6.03. The second-order valence-corrected chi connectivity index (χ2v) is 9.00. The summed E-state index contributed by atoms with van der Waals surface area (Å²) in [4.78, 5) is 11.6. The Morgan fingerprint density at radius 2 is 1.92 bits per heavy atom. The van der Waals surface area contributed by atoms with Crippen molar-refractivity contribution in [2.24, 2.45) is 5.92 Å². The van der Waals surface area contributed by atoms with Gasteiger partial charge in [0.05, 0.1) is 0 Å². The maximum Gasteiger partial charge on any atom is 0.269 e. The number of nitrogens with zero attached hydrogens (tertiary/aromatic N) is 2. The zero-order chi connectivity index (χ0) is 18.4. The number of nitrogens with one attached hydrogen (secondary N) is 2. The van der Waals surface area contributed by atoms with Crippen LogP contribution in [0.25, 0.3) is 0 Å². The summed E-state index contributed by atoms with van der Waals surface area (Å²) in [5.74, 6) is -0.467. The van der Waals surface area contributed by atoms with Crippen LogP contribution < -0.4 is 10.0 Å². The molecule has 0 fully saturated rings. The quantitative estimate of drug-likeness (QED) is 0.522. The van der Waals surface area contributed by atoms with Gasteiger partial charge < -0.3 is 5.32 Å². The van der Waals surface area contributed by atoms with E-state index in [0.717, 1.165) is 23.3 Å². The van der Waals surface area contributed by atoms with Gasteiger partial charge in [-0.25, -0.2) is 13.1 Å². The predicted octanol–water partition coefficient (Wildman–Crippen LogP) is 2.70. The van der Waals surface area contributed by atoms with E-state index in [9.17, 15) is 13.2 Å². The summed E-state index contributed by atoms with van der Waals surface area (Å²) < 4.78 is 26.7. The summed E-state index contributed by atoms with van der Waals surface area (Å²) in [7, 11) is -3.73. The molecule has 0 bridgehead atoms. The number of hydrogen-bond acceptors (Lipinski definition) is 6. The maximum absolute atomic E-state index is 12.2. The highest BCUT2D eigenvalue weighted by Crippen LogP contribution is 2.20. The SMILES string of the molecule is CC(C)C(=O)Nc1nnc(S(=O)(=O)NCCCc2ccc(Cl)cc2)s1. The number of amides is 1. The highest BCUT2D eigenvalue weighted by Gasteiger charge is 2.20. The van der Waals surface area contributed by atoms with Crippen LogP contribution in [0.15, 0.2) is 28.6 Å². The summed E-state index contributed by atoms with van der Waals surface area (Å²) in [5, 5.41) is 10.7. The first-order valence-corrected chi connectivity index (χ1v) is 10.3. The lowest BCUT2D eigenvalue weighted by atomic mass is 10.1. The number of aryl methyl sites for hydroxylation is 1. The molecule has 0 aliphatic heterocycles. The summed E-state index contributed by atoms with van der Waals surface area (Å²) in [5.41, 5.74) is 1.08. The zero-order valence-corrected chi connectivity index (χ0v) is 16.2. The Morgan fingerprint density at radius 1 is 1.24 bits per heavy atom. The molecule has 0 unspecified atom stereocenters. The fourth-order valence-electron chi connectivity index (χ4n) is 1.83. The zero-order valence-electron chi connectivity index (χ0n) is 13.8. The molecule has 1 aromatic carbocycles. The van der Waals surface area contributed by atoms with E-state index in [2.05, 4.69) is 20.2 Å². The minimum absolute atomic E-state index is 0.167. The Morgan fingerprint density at radius 3 is 2.56 bits per heavy atom. The van der Waals surface area contributed by atoms with Crippen molar-refractivity contribution in [1.29, 1.82) is 0 Å². The molecule has 1 heterocycles. The van der Waals surface area contributed by atoms with Crippen molar-refractivity contribution >= 4 is 44.0 Å². The van der Waals surface area contributed by atoms with Crippen molar-refractivity contribution in [2.75, 3.05) is 11.9 Å². The van der Waals surface area contributed by atoms with Crippen LogP contribution in [0.5, 0.6) is 0 Å². The van der Waals surface area contributed by atoms with E-state index in [4.69, 9.17) is 11.6 Å².